The van der Waals surface area contributed by atoms with E-state index in [0.29, 0.717) is 12.3 Å². The Balaban J connectivity index is 1.97. The van der Waals surface area contributed by atoms with E-state index in [4.69, 9.17) is 0 Å². The van der Waals surface area contributed by atoms with Gasteiger partial charge in [0, 0.05) is 13.0 Å². The summed E-state index contributed by atoms with van der Waals surface area (Å²) in [5.74, 6) is 0.801. The third-order valence-electron chi connectivity index (χ3n) is 3.23. The molecule has 3 nitrogen and oxygen atoms in total. The van der Waals surface area contributed by atoms with E-state index in [-0.39, 0.29) is 5.91 Å². The van der Waals surface area contributed by atoms with Gasteiger partial charge in [0.15, 0.2) is 0 Å². The Kier molecular flexibility index (Phi) is 7.23. The molecule has 0 aromatic rings. The van der Waals surface area contributed by atoms with Crippen LogP contribution in [0.1, 0.15) is 51.9 Å². The Bertz CT molecular complexity index is 188. The summed E-state index contributed by atoms with van der Waals surface area (Å²) in [5.41, 5.74) is 0. The first-order chi connectivity index (χ1) is 7.83. The van der Waals surface area contributed by atoms with Crippen LogP contribution in [0.3, 0.4) is 0 Å². The smallest absolute Gasteiger partial charge is 0.220 e. The van der Waals surface area contributed by atoms with Crippen LogP contribution in [0.5, 0.6) is 0 Å². The Morgan fingerprint density at radius 3 is 2.94 bits per heavy atom. The molecule has 1 rings (SSSR count). The molecule has 1 fully saturated rings. The van der Waals surface area contributed by atoms with Crippen LogP contribution in [0, 0.1) is 5.92 Å². The van der Waals surface area contributed by atoms with Gasteiger partial charge in [-0.05, 0) is 38.3 Å². The average molecular weight is 226 g/mol. The van der Waals surface area contributed by atoms with E-state index in [0.717, 1.165) is 26.1 Å². The topological polar surface area (TPSA) is 41.1 Å². The predicted octanol–water partition coefficient (Wildman–Crippen LogP) is 2.07. The molecule has 0 aromatic heterocycles. The van der Waals surface area contributed by atoms with Gasteiger partial charge >= 0.3 is 0 Å². The van der Waals surface area contributed by atoms with Gasteiger partial charge in [0.05, 0.1) is 0 Å². The Hall–Kier alpha value is -0.570. The van der Waals surface area contributed by atoms with Crippen molar-refractivity contribution in [2.24, 2.45) is 5.92 Å². The van der Waals surface area contributed by atoms with Gasteiger partial charge in [-0.2, -0.15) is 0 Å². The highest BCUT2D eigenvalue weighted by Gasteiger charge is 2.15. The zero-order chi connectivity index (χ0) is 11.6. The average Bonchev–Trinajstić information content (AvgIpc) is 2.30. The maximum atomic E-state index is 11.6. The van der Waals surface area contributed by atoms with Gasteiger partial charge in [0.25, 0.3) is 0 Å². The molecule has 1 saturated heterocycles. The van der Waals surface area contributed by atoms with Crippen LogP contribution in [-0.2, 0) is 4.79 Å². The zero-order valence-corrected chi connectivity index (χ0v) is 10.6. The van der Waals surface area contributed by atoms with Crippen LogP contribution < -0.4 is 10.6 Å². The minimum Gasteiger partial charge on any atom is -0.356 e. The van der Waals surface area contributed by atoms with Crippen LogP contribution in [0.4, 0.5) is 0 Å². The molecule has 3 heteroatoms. The number of rotatable bonds is 7. The number of hydrogen-bond donors (Lipinski definition) is 2. The van der Waals surface area contributed by atoms with Crippen LogP contribution in [0.25, 0.3) is 0 Å². The quantitative estimate of drug-likeness (QED) is 0.653. The van der Waals surface area contributed by atoms with Crippen molar-refractivity contribution in [3.63, 3.8) is 0 Å². The highest BCUT2D eigenvalue weighted by atomic mass is 16.1. The molecule has 1 amide bonds. The third-order valence-corrected chi connectivity index (χ3v) is 3.23. The van der Waals surface area contributed by atoms with E-state index in [2.05, 4.69) is 17.6 Å². The van der Waals surface area contributed by atoms with Crippen molar-refractivity contribution in [3.05, 3.63) is 0 Å². The van der Waals surface area contributed by atoms with Crippen LogP contribution in [0.2, 0.25) is 0 Å². The molecule has 0 saturated carbocycles. The fourth-order valence-corrected chi connectivity index (χ4v) is 2.21. The summed E-state index contributed by atoms with van der Waals surface area (Å²) in [7, 11) is 0. The molecule has 0 aliphatic carbocycles. The molecule has 1 heterocycles. The van der Waals surface area contributed by atoms with Crippen molar-refractivity contribution in [3.8, 4) is 0 Å². The summed E-state index contributed by atoms with van der Waals surface area (Å²) < 4.78 is 0. The molecule has 0 radical (unpaired) electrons. The molecule has 1 unspecified atom stereocenters. The SMILES string of the molecule is CCCCCCNC(=O)CC1CCCNC1. The molecule has 1 aliphatic rings. The normalized spacial score (nSPS) is 20.7. The van der Waals surface area contributed by atoms with Crippen molar-refractivity contribution >= 4 is 5.91 Å². The monoisotopic (exact) mass is 226 g/mol. The zero-order valence-electron chi connectivity index (χ0n) is 10.6. The number of carbonyl (C=O) groups is 1. The largest absolute Gasteiger partial charge is 0.356 e. The molecule has 1 atom stereocenters. The molecule has 2 N–H and O–H groups in total. The highest BCUT2D eigenvalue weighted by Crippen LogP contribution is 2.13. The van der Waals surface area contributed by atoms with E-state index < -0.39 is 0 Å². The Morgan fingerprint density at radius 1 is 1.38 bits per heavy atom. The van der Waals surface area contributed by atoms with Gasteiger partial charge < -0.3 is 10.6 Å². The van der Waals surface area contributed by atoms with Crippen molar-refractivity contribution in [2.75, 3.05) is 19.6 Å². The van der Waals surface area contributed by atoms with E-state index in [1.54, 1.807) is 0 Å². The van der Waals surface area contributed by atoms with Crippen molar-refractivity contribution in [1.82, 2.24) is 10.6 Å². The lowest BCUT2D eigenvalue weighted by Gasteiger charge is -2.22. The predicted molar refractivity (Wildman–Crippen MR) is 67.4 cm³/mol. The number of amides is 1. The van der Waals surface area contributed by atoms with Gasteiger partial charge in [0.2, 0.25) is 5.91 Å². The number of piperidine rings is 1. The fraction of sp³-hybridized carbons (Fsp3) is 0.923. The van der Waals surface area contributed by atoms with Gasteiger partial charge in [-0.25, -0.2) is 0 Å². The van der Waals surface area contributed by atoms with Gasteiger partial charge in [-0.1, -0.05) is 26.2 Å². The lowest BCUT2D eigenvalue weighted by Crippen LogP contribution is -2.34. The maximum Gasteiger partial charge on any atom is 0.220 e. The van der Waals surface area contributed by atoms with E-state index in [1.165, 1.54) is 32.1 Å². The minimum absolute atomic E-state index is 0.241. The van der Waals surface area contributed by atoms with Crippen LogP contribution in [0.15, 0.2) is 0 Å². The van der Waals surface area contributed by atoms with Crippen molar-refractivity contribution in [2.45, 2.75) is 51.9 Å². The molecule has 1 aliphatic heterocycles. The Morgan fingerprint density at radius 2 is 2.25 bits per heavy atom. The first-order valence-electron chi connectivity index (χ1n) is 6.80. The lowest BCUT2D eigenvalue weighted by atomic mass is 9.96. The first-order valence-corrected chi connectivity index (χ1v) is 6.80. The summed E-state index contributed by atoms with van der Waals surface area (Å²) >= 11 is 0. The minimum atomic E-state index is 0.241. The second-order valence-corrected chi connectivity index (χ2v) is 4.83. The van der Waals surface area contributed by atoms with Gasteiger partial charge in [-0.15, -0.1) is 0 Å². The molecule has 94 valence electrons. The summed E-state index contributed by atoms with van der Waals surface area (Å²) in [6, 6.07) is 0. The molecule has 0 aromatic carbocycles. The third kappa shape index (κ3) is 6.11. The standard InChI is InChI=1S/C13H26N2O/c1-2-3-4-5-9-15-13(16)10-12-7-6-8-14-11-12/h12,14H,2-11H2,1H3,(H,15,16). The molecular weight excluding hydrogens is 200 g/mol. The second-order valence-electron chi connectivity index (χ2n) is 4.83. The first kappa shape index (κ1) is 13.5. The molecule has 0 bridgehead atoms. The molecule has 16 heavy (non-hydrogen) atoms. The molecular formula is C13H26N2O. The van der Waals surface area contributed by atoms with E-state index in [1.807, 2.05) is 0 Å². The van der Waals surface area contributed by atoms with Crippen LogP contribution >= 0.6 is 0 Å². The van der Waals surface area contributed by atoms with Crippen molar-refractivity contribution < 1.29 is 4.79 Å². The summed E-state index contributed by atoms with van der Waals surface area (Å²) in [5, 5.41) is 6.37. The Labute approximate surface area is 99.4 Å². The van der Waals surface area contributed by atoms with Crippen molar-refractivity contribution in [1.29, 1.82) is 0 Å². The van der Waals surface area contributed by atoms with Gasteiger partial charge in [-0.3, -0.25) is 4.79 Å². The maximum absolute atomic E-state index is 11.6. The fourth-order valence-electron chi connectivity index (χ4n) is 2.21. The van der Waals surface area contributed by atoms with E-state index in [9.17, 15) is 4.79 Å². The lowest BCUT2D eigenvalue weighted by molar-refractivity contribution is -0.122. The van der Waals surface area contributed by atoms with E-state index >= 15 is 0 Å². The number of unbranched alkanes of at least 4 members (excludes halogenated alkanes) is 3. The summed E-state index contributed by atoms with van der Waals surface area (Å²) in [4.78, 5) is 11.6. The second kappa shape index (κ2) is 8.57. The number of nitrogens with one attached hydrogen (secondary N) is 2. The van der Waals surface area contributed by atoms with Crippen LogP contribution in [-0.4, -0.2) is 25.5 Å². The summed E-state index contributed by atoms with van der Waals surface area (Å²) in [6.45, 7) is 5.20. The molecule has 0 spiro atoms. The number of hydrogen-bond acceptors (Lipinski definition) is 2. The highest BCUT2D eigenvalue weighted by molar-refractivity contribution is 5.76. The summed E-state index contributed by atoms with van der Waals surface area (Å²) in [6.07, 6.45) is 8.03. The number of carbonyl (C=O) groups excluding carboxylic acids is 1. The van der Waals surface area contributed by atoms with Gasteiger partial charge in [0.1, 0.15) is 0 Å².